The molecule has 0 saturated carbocycles. The fraction of sp³-hybridized carbons (Fsp3) is 0.600. The lowest BCUT2D eigenvalue weighted by atomic mass is 10.2. The average molecular weight is 312 g/mol. The number of sulfone groups is 1. The molecule has 1 aromatic rings. The van der Waals surface area contributed by atoms with Crippen LogP contribution in [-0.4, -0.2) is 53.6 Å². The summed E-state index contributed by atoms with van der Waals surface area (Å²) >= 11 is 0. The Morgan fingerprint density at radius 1 is 1.33 bits per heavy atom. The monoisotopic (exact) mass is 312 g/mol. The number of ether oxygens (including phenoxy) is 1. The summed E-state index contributed by atoms with van der Waals surface area (Å²) in [7, 11) is -3.14. The van der Waals surface area contributed by atoms with Crippen LogP contribution in [0, 0.1) is 0 Å². The van der Waals surface area contributed by atoms with Crippen molar-refractivity contribution in [1.29, 1.82) is 0 Å². The summed E-state index contributed by atoms with van der Waals surface area (Å²) in [5.74, 6) is 0. The molecule has 1 unspecified atom stereocenters. The van der Waals surface area contributed by atoms with E-state index in [4.69, 9.17) is 4.74 Å². The third-order valence-corrected chi connectivity index (χ3v) is 4.76. The normalized spacial score (nSPS) is 19.7. The third-order valence-electron chi connectivity index (χ3n) is 3.63. The highest BCUT2D eigenvalue weighted by Gasteiger charge is 2.23. The highest BCUT2D eigenvalue weighted by atomic mass is 32.2. The Bertz CT molecular complexity index is 543. The Kier molecular flexibility index (Phi) is 5.61. The summed E-state index contributed by atoms with van der Waals surface area (Å²) < 4.78 is 28.6. The first-order valence-corrected chi connectivity index (χ1v) is 9.26. The number of hydrogen-bond donors (Lipinski definition) is 1. The Balaban J connectivity index is 2.10. The second kappa shape index (κ2) is 7.24. The molecule has 0 aliphatic carbocycles. The van der Waals surface area contributed by atoms with Crippen LogP contribution in [0.5, 0.6) is 0 Å². The summed E-state index contributed by atoms with van der Waals surface area (Å²) in [6.07, 6.45) is 2.34. The molecular formula is C15H24N2O3S. The first kappa shape index (κ1) is 16.3. The van der Waals surface area contributed by atoms with Gasteiger partial charge >= 0.3 is 0 Å². The van der Waals surface area contributed by atoms with Crippen molar-refractivity contribution in [3.63, 3.8) is 0 Å². The minimum Gasteiger partial charge on any atom is -0.377 e. The summed E-state index contributed by atoms with van der Waals surface area (Å²) in [5.41, 5.74) is 1.05. The molecule has 1 saturated heterocycles. The lowest BCUT2D eigenvalue weighted by Gasteiger charge is -2.37. The molecule has 0 spiro atoms. The fourth-order valence-corrected chi connectivity index (χ4v) is 3.12. The van der Waals surface area contributed by atoms with Crippen LogP contribution in [0.25, 0.3) is 0 Å². The lowest BCUT2D eigenvalue weighted by molar-refractivity contribution is 0.0938. The minimum atomic E-state index is -3.14. The van der Waals surface area contributed by atoms with Crippen LogP contribution < -0.4 is 10.2 Å². The van der Waals surface area contributed by atoms with Gasteiger partial charge in [0.25, 0.3) is 0 Å². The van der Waals surface area contributed by atoms with Crippen molar-refractivity contribution in [2.24, 2.45) is 0 Å². The van der Waals surface area contributed by atoms with Crippen LogP contribution in [0.4, 0.5) is 5.69 Å². The SMILES string of the molecule is CCCNCC1COCCN1c1ccc(S(C)(=O)=O)cc1. The molecule has 5 nitrogen and oxygen atoms in total. The maximum Gasteiger partial charge on any atom is 0.175 e. The number of rotatable bonds is 6. The van der Waals surface area contributed by atoms with Gasteiger partial charge in [-0.3, -0.25) is 0 Å². The van der Waals surface area contributed by atoms with Crippen molar-refractivity contribution in [3.05, 3.63) is 24.3 Å². The molecule has 0 radical (unpaired) electrons. The van der Waals surface area contributed by atoms with Gasteiger partial charge in [-0.05, 0) is 37.2 Å². The van der Waals surface area contributed by atoms with E-state index in [0.29, 0.717) is 18.1 Å². The molecule has 1 fully saturated rings. The van der Waals surface area contributed by atoms with Gasteiger partial charge in [-0.2, -0.15) is 0 Å². The van der Waals surface area contributed by atoms with Crippen LogP contribution in [0.3, 0.4) is 0 Å². The van der Waals surface area contributed by atoms with E-state index in [0.717, 1.165) is 31.7 Å². The van der Waals surface area contributed by atoms with E-state index in [2.05, 4.69) is 17.1 Å². The van der Waals surface area contributed by atoms with Crippen LogP contribution >= 0.6 is 0 Å². The molecule has 1 aliphatic heterocycles. The number of benzene rings is 1. The number of nitrogens with one attached hydrogen (secondary N) is 1. The van der Waals surface area contributed by atoms with Crippen molar-refractivity contribution < 1.29 is 13.2 Å². The molecule has 21 heavy (non-hydrogen) atoms. The van der Waals surface area contributed by atoms with Gasteiger partial charge in [0.15, 0.2) is 9.84 Å². The fourth-order valence-electron chi connectivity index (χ4n) is 2.49. The predicted molar refractivity (Wildman–Crippen MR) is 84.7 cm³/mol. The first-order valence-electron chi connectivity index (χ1n) is 7.37. The van der Waals surface area contributed by atoms with Gasteiger partial charge in [-0.25, -0.2) is 8.42 Å². The Morgan fingerprint density at radius 3 is 2.67 bits per heavy atom. The van der Waals surface area contributed by atoms with Crippen molar-refractivity contribution >= 4 is 15.5 Å². The number of nitrogens with zero attached hydrogens (tertiary/aromatic N) is 1. The van der Waals surface area contributed by atoms with E-state index in [1.807, 2.05) is 12.1 Å². The van der Waals surface area contributed by atoms with E-state index < -0.39 is 9.84 Å². The topological polar surface area (TPSA) is 58.6 Å². The largest absolute Gasteiger partial charge is 0.377 e. The van der Waals surface area contributed by atoms with E-state index >= 15 is 0 Å². The maximum absolute atomic E-state index is 11.5. The molecule has 0 bridgehead atoms. The molecule has 1 aromatic carbocycles. The smallest absolute Gasteiger partial charge is 0.175 e. The van der Waals surface area contributed by atoms with Crippen molar-refractivity contribution in [2.45, 2.75) is 24.3 Å². The summed E-state index contributed by atoms with van der Waals surface area (Å²) in [6, 6.07) is 7.41. The van der Waals surface area contributed by atoms with E-state index in [1.54, 1.807) is 12.1 Å². The Labute approximate surface area is 127 Å². The quantitative estimate of drug-likeness (QED) is 0.802. The van der Waals surface area contributed by atoms with E-state index in [1.165, 1.54) is 6.26 Å². The zero-order valence-corrected chi connectivity index (χ0v) is 13.5. The van der Waals surface area contributed by atoms with Gasteiger partial charge in [0.2, 0.25) is 0 Å². The van der Waals surface area contributed by atoms with Crippen LogP contribution in [0.15, 0.2) is 29.2 Å². The standard InChI is InChI=1S/C15H24N2O3S/c1-3-8-16-11-14-12-20-10-9-17(14)13-4-6-15(7-5-13)21(2,18)19/h4-7,14,16H,3,8-12H2,1-2H3. The zero-order valence-electron chi connectivity index (χ0n) is 12.7. The molecule has 1 aliphatic rings. The highest BCUT2D eigenvalue weighted by molar-refractivity contribution is 7.90. The van der Waals surface area contributed by atoms with Gasteiger partial charge in [0.1, 0.15) is 0 Å². The summed E-state index contributed by atoms with van der Waals surface area (Å²) in [5, 5.41) is 3.42. The molecule has 1 atom stereocenters. The van der Waals surface area contributed by atoms with Crippen LogP contribution in [0.1, 0.15) is 13.3 Å². The number of morpholine rings is 1. The molecule has 0 aromatic heterocycles. The Hall–Kier alpha value is -1.11. The van der Waals surface area contributed by atoms with Gasteiger partial charge in [0, 0.05) is 25.0 Å². The van der Waals surface area contributed by atoms with Crippen LogP contribution in [-0.2, 0) is 14.6 Å². The van der Waals surface area contributed by atoms with Crippen molar-refractivity contribution in [1.82, 2.24) is 5.32 Å². The lowest BCUT2D eigenvalue weighted by Crippen LogP contribution is -2.50. The average Bonchev–Trinajstić information content (AvgIpc) is 2.47. The van der Waals surface area contributed by atoms with Gasteiger partial charge in [-0.1, -0.05) is 6.92 Å². The summed E-state index contributed by atoms with van der Waals surface area (Å²) in [6.45, 7) is 6.25. The molecular weight excluding hydrogens is 288 g/mol. The minimum absolute atomic E-state index is 0.286. The highest BCUT2D eigenvalue weighted by Crippen LogP contribution is 2.21. The molecule has 2 rings (SSSR count). The maximum atomic E-state index is 11.5. The van der Waals surface area contributed by atoms with Crippen molar-refractivity contribution in [2.75, 3.05) is 44.0 Å². The van der Waals surface area contributed by atoms with Gasteiger partial charge < -0.3 is 15.0 Å². The molecule has 1 heterocycles. The molecule has 6 heteroatoms. The molecule has 0 amide bonds. The van der Waals surface area contributed by atoms with Gasteiger partial charge in [0.05, 0.1) is 24.2 Å². The summed E-state index contributed by atoms with van der Waals surface area (Å²) in [4.78, 5) is 2.65. The second-order valence-corrected chi connectivity index (χ2v) is 7.41. The Morgan fingerprint density at radius 2 is 2.05 bits per heavy atom. The van der Waals surface area contributed by atoms with E-state index in [9.17, 15) is 8.42 Å². The first-order chi connectivity index (χ1) is 10.0. The number of hydrogen-bond acceptors (Lipinski definition) is 5. The molecule has 118 valence electrons. The second-order valence-electron chi connectivity index (χ2n) is 5.39. The molecule has 1 N–H and O–H groups in total. The van der Waals surface area contributed by atoms with Crippen LogP contribution in [0.2, 0.25) is 0 Å². The van der Waals surface area contributed by atoms with E-state index in [-0.39, 0.29) is 6.04 Å². The van der Waals surface area contributed by atoms with Crippen molar-refractivity contribution in [3.8, 4) is 0 Å². The zero-order chi connectivity index (χ0) is 15.3. The third kappa shape index (κ3) is 4.43. The van der Waals surface area contributed by atoms with Gasteiger partial charge in [-0.15, -0.1) is 0 Å². The predicted octanol–water partition coefficient (Wildman–Crippen LogP) is 1.29. The number of anilines is 1.